The number of Topliss-reactive ketones (excluding diaryl/α,β-unsaturated/α-hetero) is 1. The Morgan fingerprint density at radius 2 is 2.16 bits per heavy atom. The van der Waals surface area contributed by atoms with Gasteiger partial charge in [-0.3, -0.25) is 4.79 Å². The van der Waals surface area contributed by atoms with E-state index >= 15 is 0 Å². The van der Waals surface area contributed by atoms with Crippen LogP contribution in [0.1, 0.15) is 18.1 Å². The number of carbonyl (C=O) groups is 1. The van der Waals surface area contributed by atoms with Crippen molar-refractivity contribution >= 4 is 39.7 Å². The Bertz CT molecular complexity index is 595. The molecule has 100 valence electrons. The van der Waals surface area contributed by atoms with E-state index in [0.29, 0.717) is 5.75 Å². The second-order valence-electron chi connectivity index (χ2n) is 4.24. The molecule has 4 nitrogen and oxygen atoms in total. The van der Waals surface area contributed by atoms with Gasteiger partial charge in [-0.2, -0.15) is 0 Å². The molecule has 0 radical (unpaired) electrons. The van der Waals surface area contributed by atoms with Crippen LogP contribution in [-0.2, 0) is 4.79 Å². The smallest absolute Gasteiger partial charge is 0.210 e. The molecule has 1 heterocycles. The summed E-state index contributed by atoms with van der Waals surface area (Å²) < 4.78 is 0.808. The number of thioether (sulfide) groups is 1. The van der Waals surface area contributed by atoms with Gasteiger partial charge in [-0.1, -0.05) is 35.2 Å². The van der Waals surface area contributed by atoms with Crippen molar-refractivity contribution in [2.75, 3.05) is 11.1 Å². The van der Waals surface area contributed by atoms with Gasteiger partial charge in [-0.25, -0.2) is 0 Å². The van der Waals surface area contributed by atoms with Crippen molar-refractivity contribution in [1.29, 1.82) is 0 Å². The van der Waals surface area contributed by atoms with Crippen LogP contribution in [0.4, 0.5) is 10.8 Å². The van der Waals surface area contributed by atoms with Gasteiger partial charge < -0.3 is 5.32 Å². The normalized spacial score (nSPS) is 10.5. The minimum absolute atomic E-state index is 0.143. The zero-order valence-electron chi connectivity index (χ0n) is 11.1. The highest BCUT2D eigenvalue weighted by molar-refractivity contribution is 8.01. The molecule has 1 N–H and O–H groups in total. The Hall–Kier alpha value is -1.40. The summed E-state index contributed by atoms with van der Waals surface area (Å²) in [6, 6.07) is 6.11. The van der Waals surface area contributed by atoms with Gasteiger partial charge in [0, 0.05) is 5.69 Å². The molecule has 0 fully saturated rings. The molecule has 0 spiro atoms. The Kier molecular flexibility index (Phi) is 4.55. The Labute approximate surface area is 120 Å². The van der Waals surface area contributed by atoms with E-state index in [1.165, 1.54) is 34.2 Å². The zero-order valence-corrected chi connectivity index (χ0v) is 12.7. The lowest BCUT2D eigenvalue weighted by atomic mass is 10.1. The van der Waals surface area contributed by atoms with Crippen LogP contribution in [0.2, 0.25) is 0 Å². The molecule has 0 bridgehead atoms. The van der Waals surface area contributed by atoms with Crippen LogP contribution in [0.15, 0.2) is 22.5 Å². The lowest BCUT2D eigenvalue weighted by Gasteiger charge is -2.08. The molecule has 0 aliphatic heterocycles. The Morgan fingerprint density at radius 3 is 2.89 bits per heavy atom. The standard InChI is InChI=1S/C13H15N3OS2/c1-8-5-4-6-11(10(8)3)14-12-15-16-13(19-12)18-7-9(2)17/h4-6H,7H2,1-3H3,(H,14,15). The molecule has 0 unspecified atom stereocenters. The molecule has 0 atom stereocenters. The van der Waals surface area contributed by atoms with Crippen LogP contribution in [0, 0.1) is 13.8 Å². The molecule has 0 aliphatic rings. The fourth-order valence-corrected chi connectivity index (χ4v) is 3.05. The van der Waals surface area contributed by atoms with E-state index < -0.39 is 0 Å². The van der Waals surface area contributed by atoms with Crippen LogP contribution < -0.4 is 5.32 Å². The average molecular weight is 293 g/mol. The molecular formula is C13H15N3OS2. The first-order valence-electron chi connectivity index (χ1n) is 5.85. The van der Waals surface area contributed by atoms with E-state index in [4.69, 9.17) is 0 Å². The van der Waals surface area contributed by atoms with Crippen molar-refractivity contribution in [3.63, 3.8) is 0 Å². The van der Waals surface area contributed by atoms with Crippen molar-refractivity contribution in [2.24, 2.45) is 0 Å². The second kappa shape index (κ2) is 6.16. The first-order chi connectivity index (χ1) is 9.06. The van der Waals surface area contributed by atoms with E-state index in [2.05, 4.69) is 35.4 Å². The molecule has 6 heteroatoms. The third kappa shape index (κ3) is 3.78. The lowest BCUT2D eigenvalue weighted by Crippen LogP contribution is -1.94. The number of benzene rings is 1. The maximum Gasteiger partial charge on any atom is 0.210 e. The number of hydrogen-bond acceptors (Lipinski definition) is 6. The molecule has 2 rings (SSSR count). The molecular weight excluding hydrogens is 278 g/mol. The first-order valence-corrected chi connectivity index (χ1v) is 7.65. The van der Waals surface area contributed by atoms with Gasteiger partial charge in [0.1, 0.15) is 5.78 Å². The van der Waals surface area contributed by atoms with E-state index in [0.717, 1.165) is 15.2 Å². The van der Waals surface area contributed by atoms with Crippen molar-refractivity contribution in [1.82, 2.24) is 10.2 Å². The predicted octanol–water partition coefficient (Wildman–Crippen LogP) is 3.58. The van der Waals surface area contributed by atoms with Crippen LogP contribution in [0.25, 0.3) is 0 Å². The highest BCUT2D eigenvalue weighted by Crippen LogP contribution is 2.29. The summed E-state index contributed by atoms with van der Waals surface area (Å²) in [5, 5.41) is 12.2. The summed E-state index contributed by atoms with van der Waals surface area (Å²) in [4.78, 5) is 10.9. The van der Waals surface area contributed by atoms with Gasteiger partial charge in [0.05, 0.1) is 5.75 Å². The SMILES string of the molecule is CC(=O)CSc1nnc(Nc2cccc(C)c2C)s1. The third-order valence-electron chi connectivity index (χ3n) is 2.65. The number of nitrogens with one attached hydrogen (secondary N) is 1. The number of nitrogens with zero attached hydrogens (tertiary/aromatic N) is 2. The van der Waals surface area contributed by atoms with Crippen LogP contribution in [0.5, 0.6) is 0 Å². The summed E-state index contributed by atoms with van der Waals surface area (Å²) >= 11 is 2.88. The highest BCUT2D eigenvalue weighted by Gasteiger charge is 2.08. The molecule has 19 heavy (non-hydrogen) atoms. The maximum atomic E-state index is 10.9. The average Bonchev–Trinajstić information content (AvgIpc) is 2.80. The number of ketones is 1. The highest BCUT2D eigenvalue weighted by atomic mass is 32.2. The van der Waals surface area contributed by atoms with Gasteiger partial charge in [0.25, 0.3) is 0 Å². The predicted molar refractivity (Wildman–Crippen MR) is 80.5 cm³/mol. The third-order valence-corrected chi connectivity index (χ3v) is 4.77. The summed E-state index contributed by atoms with van der Waals surface area (Å²) in [5.74, 6) is 0.585. The van der Waals surface area contributed by atoms with Gasteiger partial charge in [0.2, 0.25) is 5.13 Å². The fourth-order valence-electron chi connectivity index (χ4n) is 1.48. The number of anilines is 2. The number of carbonyl (C=O) groups excluding carboxylic acids is 1. The lowest BCUT2D eigenvalue weighted by molar-refractivity contribution is -0.114. The summed E-state index contributed by atoms with van der Waals surface area (Å²) in [5.41, 5.74) is 3.48. The van der Waals surface area contributed by atoms with Crippen molar-refractivity contribution in [3.8, 4) is 0 Å². The topological polar surface area (TPSA) is 54.9 Å². The monoisotopic (exact) mass is 293 g/mol. The molecule has 0 saturated heterocycles. The van der Waals surface area contributed by atoms with E-state index in [9.17, 15) is 4.79 Å². The molecule has 2 aromatic rings. The van der Waals surface area contributed by atoms with Gasteiger partial charge >= 0.3 is 0 Å². The van der Waals surface area contributed by atoms with Crippen LogP contribution in [-0.4, -0.2) is 21.7 Å². The molecule has 1 aromatic heterocycles. The van der Waals surface area contributed by atoms with E-state index in [-0.39, 0.29) is 5.78 Å². The quantitative estimate of drug-likeness (QED) is 0.854. The van der Waals surface area contributed by atoms with E-state index in [1.807, 2.05) is 12.1 Å². The number of aryl methyl sites for hydroxylation is 1. The number of rotatable bonds is 5. The van der Waals surface area contributed by atoms with Crippen LogP contribution in [0.3, 0.4) is 0 Å². The van der Waals surface area contributed by atoms with Gasteiger partial charge in [0.15, 0.2) is 4.34 Å². The molecule has 0 amide bonds. The minimum atomic E-state index is 0.143. The molecule has 0 aliphatic carbocycles. The van der Waals surface area contributed by atoms with E-state index in [1.54, 1.807) is 6.92 Å². The second-order valence-corrected chi connectivity index (χ2v) is 6.44. The number of hydrogen-bond donors (Lipinski definition) is 1. The number of aromatic nitrogens is 2. The molecule has 0 saturated carbocycles. The zero-order chi connectivity index (χ0) is 13.8. The van der Waals surface area contributed by atoms with Gasteiger partial charge in [-0.15, -0.1) is 10.2 Å². The largest absolute Gasteiger partial charge is 0.330 e. The van der Waals surface area contributed by atoms with Crippen molar-refractivity contribution in [3.05, 3.63) is 29.3 Å². The summed E-state index contributed by atoms with van der Waals surface area (Å²) in [6.07, 6.45) is 0. The Balaban J connectivity index is 2.07. The summed E-state index contributed by atoms with van der Waals surface area (Å²) in [7, 11) is 0. The van der Waals surface area contributed by atoms with Gasteiger partial charge in [-0.05, 0) is 38.0 Å². The maximum absolute atomic E-state index is 10.9. The van der Waals surface area contributed by atoms with Crippen molar-refractivity contribution < 1.29 is 4.79 Å². The Morgan fingerprint density at radius 1 is 1.37 bits per heavy atom. The minimum Gasteiger partial charge on any atom is -0.330 e. The summed E-state index contributed by atoms with van der Waals surface area (Å²) in [6.45, 7) is 5.72. The first kappa shape index (κ1) is 14.0. The fraction of sp³-hybridized carbons (Fsp3) is 0.308. The van der Waals surface area contributed by atoms with Crippen LogP contribution >= 0.6 is 23.1 Å². The van der Waals surface area contributed by atoms with Crippen molar-refractivity contribution in [2.45, 2.75) is 25.1 Å². The molecule has 1 aromatic carbocycles.